The van der Waals surface area contributed by atoms with Crippen molar-refractivity contribution < 1.29 is 8.78 Å². The van der Waals surface area contributed by atoms with Gasteiger partial charge in [0, 0.05) is 15.6 Å². The van der Waals surface area contributed by atoms with Gasteiger partial charge in [-0.25, -0.2) is 8.78 Å². The van der Waals surface area contributed by atoms with Crippen molar-refractivity contribution in [3.8, 4) is 0 Å². The van der Waals surface area contributed by atoms with Gasteiger partial charge in [0.15, 0.2) is 11.6 Å². The fourth-order valence-corrected chi connectivity index (χ4v) is 2.58. The van der Waals surface area contributed by atoms with E-state index in [0.717, 1.165) is 5.56 Å². The van der Waals surface area contributed by atoms with Crippen molar-refractivity contribution >= 4 is 23.2 Å². The van der Waals surface area contributed by atoms with E-state index in [1.807, 2.05) is 0 Å². The molecule has 0 aliphatic carbocycles. The molecule has 0 aliphatic heterocycles. The Kier molecular flexibility index (Phi) is 5.17. The van der Waals surface area contributed by atoms with Gasteiger partial charge in [0.05, 0.1) is 6.04 Å². The monoisotopic (exact) mass is 330 g/mol. The second-order valence-corrected chi connectivity index (χ2v) is 5.60. The molecule has 6 heteroatoms. The number of aryl methyl sites for hydroxylation is 1. The maximum atomic E-state index is 14.0. The van der Waals surface area contributed by atoms with Crippen LogP contribution in [0, 0.1) is 18.6 Å². The number of hydrogen-bond acceptors (Lipinski definition) is 2. The normalized spacial score (nSPS) is 12.5. The minimum Gasteiger partial charge on any atom is -0.271 e. The molecule has 0 amide bonds. The molecule has 0 radical (unpaired) electrons. The summed E-state index contributed by atoms with van der Waals surface area (Å²) >= 11 is 11.9. The summed E-state index contributed by atoms with van der Waals surface area (Å²) in [7, 11) is 0. The Morgan fingerprint density at radius 3 is 2.48 bits per heavy atom. The lowest BCUT2D eigenvalue weighted by atomic mass is 9.97. The zero-order valence-corrected chi connectivity index (χ0v) is 12.8. The standard InChI is InChI=1S/C15H14Cl2F2N2/c1-8-2-5-11(15(19)14(8)18)13(21-20)6-9-3-4-10(16)7-12(9)17/h2-5,7,13,21H,6,20H2,1H3. The molecule has 112 valence electrons. The summed E-state index contributed by atoms with van der Waals surface area (Å²) in [6.07, 6.45) is 0.311. The SMILES string of the molecule is Cc1ccc(C(Cc2ccc(Cl)cc2Cl)NN)c(F)c1F. The van der Waals surface area contributed by atoms with Crippen molar-refractivity contribution in [2.45, 2.75) is 19.4 Å². The van der Waals surface area contributed by atoms with Crippen molar-refractivity contribution in [2.75, 3.05) is 0 Å². The molecule has 2 rings (SSSR count). The molecule has 0 bridgehead atoms. The Labute approximate surface area is 131 Å². The van der Waals surface area contributed by atoms with E-state index in [-0.39, 0.29) is 11.1 Å². The third kappa shape index (κ3) is 3.52. The van der Waals surface area contributed by atoms with E-state index in [9.17, 15) is 8.78 Å². The fourth-order valence-electron chi connectivity index (χ4n) is 2.10. The lowest BCUT2D eigenvalue weighted by Crippen LogP contribution is -2.30. The highest BCUT2D eigenvalue weighted by atomic mass is 35.5. The molecule has 1 unspecified atom stereocenters. The Hall–Kier alpha value is -1.20. The highest BCUT2D eigenvalue weighted by Crippen LogP contribution is 2.28. The van der Waals surface area contributed by atoms with Crippen LogP contribution in [-0.2, 0) is 6.42 Å². The molecular weight excluding hydrogens is 317 g/mol. The third-order valence-corrected chi connectivity index (χ3v) is 3.91. The van der Waals surface area contributed by atoms with Crippen molar-refractivity contribution in [1.29, 1.82) is 0 Å². The summed E-state index contributed by atoms with van der Waals surface area (Å²) in [5.74, 6) is 3.72. The maximum absolute atomic E-state index is 14.0. The Morgan fingerprint density at radius 1 is 1.14 bits per heavy atom. The van der Waals surface area contributed by atoms with E-state index in [0.29, 0.717) is 16.5 Å². The van der Waals surface area contributed by atoms with E-state index in [2.05, 4.69) is 5.43 Å². The van der Waals surface area contributed by atoms with Crippen LogP contribution >= 0.6 is 23.2 Å². The van der Waals surface area contributed by atoms with Gasteiger partial charge >= 0.3 is 0 Å². The molecule has 0 saturated heterocycles. The molecule has 0 heterocycles. The minimum absolute atomic E-state index is 0.159. The van der Waals surface area contributed by atoms with Crippen LogP contribution in [0.2, 0.25) is 10.0 Å². The van der Waals surface area contributed by atoms with E-state index >= 15 is 0 Å². The summed E-state index contributed by atoms with van der Waals surface area (Å²) in [6.45, 7) is 1.50. The van der Waals surface area contributed by atoms with Gasteiger partial charge in [0.1, 0.15) is 0 Å². The molecule has 21 heavy (non-hydrogen) atoms. The smallest absolute Gasteiger partial charge is 0.163 e. The molecule has 2 aromatic rings. The first-order valence-electron chi connectivity index (χ1n) is 6.28. The largest absolute Gasteiger partial charge is 0.271 e. The Bertz CT molecular complexity index is 662. The quantitative estimate of drug-likeness (QED) is 0.647. The lowest BCUT2D eigenvalue weighted by molar-refractivity contribution is 0.461. The van der Waals surface area contributed by atoms with Crippen LogP contribution in [0.3, 0.4) is 0 Å². The second-order valence-electron chi connectivity index (χ2n) is 4.76. The number of hydrogen-bond donors (Lipinski definition) is 2. The second kappa shape index (κ2) is 6.71. The topological polar surface area (TPSA) is 38.0 Å². The van der Waals surface area contributed by atoms with Crippen LogP contribution in [0.15, 0.2) is 30.3 Å². The van der Waals surface area contributed by atoms with Gasteiger partial charge in [0.2, 0.25) is 0 Å². The van der Waals surface area contributed by atoms with Gasteiger partial charge < -0.3 is 0 Å². The number of nitrogens with one attached hydrogen (secondary N) is 1. The predicted octanol–water partition coefficient (Wildman–Crippen LogP) is 4.33. The lowest BCUT2D eigenvalue weighted by Gasteiger charge is -2.18. The van der Waals surface area contributed by atoms with Crippen LogP contribution in [0.5, 0.6) is 0 Å². The average Bonchev–Trinajstić information content (AvgIpc) is 2.45. The third-order valence-electron chi connectivity index (χ3n) is 3.32. The van der Waals surface area contributed by atoms with Gasteiger partial charge in [-0.15, -0.1) is 0 Å². The zero-order chi connectivity index (χ0) is 15.6. The first-order valence-corrected chi connectivity index (χ1v) is 7.04. The first kappa shape index (κ1) is 16.2. The molecular formula is C15H14Cl2F2N2. The summed E-state index contributed by atoms with van der Waals surface area (Å²) in [5, 5.41) is 0.962. The number of halogens is 4. The highest BCUT2D eigenvalue weighted by Gasteiger charge is 2.20. The van der Waals surface area contributed by atoms with Crippen LogP contribution in [0.1, 0.15) is 22.7 Å². The Morgan fingerprint density at radius 2 is 1.86 bits per heavy atom. The molecule has 2 nitrogen and oxygen atoms in total. The maximum Gasteiger partial charge on any atom is 0.163 e. The Balaban J connectivity index is 2.34. The van der Waals surface area contributed by atoms with Gasteiger partial charge in [-0.3, -0.25) is 11.3 Å². The summed E-state index contributed by atoms with van der Waals surface area (Å²) in [6, 6.07) is 7.44. The molecule has 0 fully saturated rings. The number of rotatable bonds is 4. The zero-order valence-electron chi connectivity index (χ0n) is 11.3. The fraction of sp³-hybridized carbons (Fsp3) is 0.200. The van der Waals surface area contributed by atoms with E-state index in [1.165, 1.54) is 19.1 Å². The average molecular weight is 331 g/mol. The van der Waals surface area contributed by atoms with Gasteiger partial charge in [0.25, 0.3) is 0 Å². The van der Waals surface area contributed by atoms with Gasteiger partial charge in [-0.1, -0.05) is 41.4 Å². The molecule has 1 atom stereocenters. The molecule has 0 saturated carbocycles. The number of benzene rings is 2. The van der Waals surface area contributed by atoms with E-state index in [1.54, 1.807) is 18.2 Å². The number of hydrazine groups is 1. The van der Waals surface area contributed by atoms with Crippen molar-refractivity contribution in [1.82, 2.24) is 5.43 Å². The van der Waals surface area contributed by atoms with E-state index < -0.39 is 17.7 Å². The number of nitrogens with two attached hydrogens (primary N) is 1. The molecule has 0 aromatic heterocycles. The van der Waals surface area contributed by atoms with Crippen molar-refractivity contribution in [3.63, 3.8) is 0 Å². The molecule has 0 spiro atoms. The molecule has 2 aromatic carbocycles. The van der Waals surface area contributed by atoms with Gasteiger partial charge in [-0.05, 0) is 36.6 Å². The highest BCUT2D eigenvalue weighted by molar-refractivity contribution is 6.35. The molecule has 0 aliphatic rings. The van der Waals surface area contributed by atoms with E-state index in [4.69, 9.17) is 29.0 Å². The van der Waals surface area contributed by atoms with Crippen LogP contribution in [-0.4, -0.2) is 0 Å². The van der Waals surface area contributed by atoms with Gasteiger partial charge in [-0.2, -0.15) is 0 Å². The van der Waals surface area contributed by atoms with Crippen LogP contribution < -0.4 is 11.3 Å². The van der Waals surface area contributed by atoms with Crippen LogP contribution in [0.4, 0.5) is 8.78 Å². The van der Waals surface area contributed by atoms with Crippen molar-refractivity contribution in [3.05, 3.63) is 68.7 Å². The summed E-state index contributed by atoms with van der Waals surface area (Å²) < 4.78 is 27.7. The predicted molar refractivity (Wildman–Crippen MR) is 81.3 cm³/mol. The van der Waals surface area contributed by atoms with Crippen molar-refractivity contribution in [2.24, 2.45) is 5.84 Å². The summed E-state index contributed by atoms with van der Waals surface area (Å²) in [4.78, 5) is 0. The van der Waals surface area contributed by atoms with Crippen LogP contribution in [0.25, 0.3) is 0 Å². The first-order chi connectivity index (χ1) is 9.93. The molecule has 3 N–H and O–H groups in total. The minimum atomic E-state index is -0.900. The summed E-state index contributed by atoms with van der Waals surface area (Å²) in [5.41, 5.74) is 3.64.